The van der Waals surface area contributed by atoms with E-state index < -0.39 is 12.0 Å². The van der Waals surface area contributed by atoms with Gasteiger partial charge in [-0.05, 0) is 35.3 Å². The van der Waals surface area contributed by atoms with Crippen LogP contribution in [0, 0.1) is 5.82 Å². The summed E-state index contributed by atoms with van der Waals surface area (Å²) in [7, 11) is 1.87. The molecule has 0 amide bonds. The lowest BCUT2D eigenvalue weighted by Crippen LogP contribution is -2.44. The van der Waals surface area contributed by atoms with Gasteiger partial charge in [-0.3, -0.25) is 4.90 Å². The van der Waals surface area contributed by atoms with Crippen LogP contribution in [0.15, 0.2) is 4.47 Å². The highest BCUT2D eigenvalue weighted by Gasteiger charge is 2.49. The molecule has 6 rings (SSSR count). The predicted octanol–water partition coefficient (Wildman–Crippen LogP) is 3.74. The van der Waals surface area contributed by atoms with Gasteiger partial charge in [-0.15, -0.1) is 0 Å². The second-order valence-corrected chi connectivity index (χ2v) is 10.2. The normalized spacial score (nSPS) is 31.5. The van der Waals surface area contributed by atoms with Gasteiger partial charge in [-0.25, -0.2) is 8.78 Å². The Morgan fingerprint density at radius 3 is 3.03 bits per heavy atom. The average molecular weight is 532 g/mol. The second-order valence-electron chi connectivity index (χ2n) is 9.06. The van der Waals surface area contributed by atoms with Crippen molar-refractivity contribution in [3.63, 3.8) is 0 Å². The quantitative estimate of drug-likeness (QED) is 0.560. The van der Waals surface area contributed by atoms with E-state index in [0.717, 1.165) is 19.4 Å². The molecular formula is C21H22BrClF2N4O3. The fourth-order valence-electron chi connectivity index (χ4n) is 5.59. The topological polar surface area (TPSA) is 60.0 Å². The number of nitrogens with zero attached hydrogens (tertiary/aromatic N) is 4. The van der Waals surface area contributed by atoms with Crippen molar-refractivity contribution in [2.45, 2.75) is 43.1 Å². The van der Waals surface area contributed by atoms with Crippen LogP contribution in [0.1, 0.15) is 19.3 Å². The van der Waals surface area contributed by atoms with Crippen molar-refractivity contribution >= 4 is 44.3 Å². The van der Waals surface area contributed by atoms with Gasteiger partial charge in [0, 0.05) is 20.0 Å². The summed E-state index contributed by atoms with van der Waals surface area (Å²) in [5.74, 6) is 0.202. The fraction of sp³-hybridized carbons (Fsp3) is 0.619. The predicted molar refractivity (Wildman–Crippen MR) is 118 cm³/mol. The molecule has 4 atom stereocenters. The van der Waals surface area contributed by atoms with Crippen LogP contribution in [0.25, 0.3) is 10.9 Å². The van der Waals surface area contributed by atoms with Gasteiger partial charge in [-0.2, -0.15) is 9.97 Å². The molecule has 11 heteroatoms. The van der Waals surface area contributed by atoms with E-state index in [2.05, 4.69) is 30.8 Å². The number of ether oxygens (including phenoxy) is 3. The van der Waals surface area contributed by atoms with Crippen LogP contribution in [0.5, 0.6) is 11.8 Å². The van der Waals surface area contributed by atoms with Crippen molar-refractivity contribution < 1.29 is 23.0 Å². The third-order valence-electron chi connectivity index (χ3n) is 7.22. The van der Waals surface area contributed by atoms with E-state index in [4.69, 9.17) is 25.8 Å². The van der Waals surface area contributed by atoms with E-state index in [-0.39, 0.29) is 45.3 Å². The van der Waals surface area contributed by atoms with Crippen molar-refractivity contribution in [3.05, 3.63) is 15.3 Å². The summed E-state index contributed by atoms with van der Waals surface area (Å²) < 4.78 is 47.3. The maximum atomic E-state index is 15.3. The Hall–Kier alpha value is -1.49. The number of fused-ring (bicyclic) bond motifs is 2. The molecule has 1 aromatic heterocycles. The number of rotatable bonds is 3. The average Bonchev–Trinajstić information content (AvgIpc) is 3.45. The van der Waals surface area contributed by atoms with Gasteiger partial charge >= 0.3 is 6.01 Å². The third-order valence-corrected chi connectivity index (χ3v) is 8.55. The fourth-order valence-corrected chi connectivity index (χ4v) is 6.18. The van der Waals surface area contributed by atoms with E-state index in [1.165, 1.54) is 0 Å². The highest BCUT2D eigenvalue weighted by molar-refractivity contribution is 9.10. The first-order valence-electron chi connectivity index (χ1n) is 10.8. The molecule has 5 heterocycles. The molecule has 2 aromatic rings. The SMILES string of the molecule is CN1c2nc(OC[C@@]34CCCN3C[C@H](F)C4)nc3c(F)c(Br)c(Cl)c(c23)OC2COCC21. The van der Waals surface area contributed by atoms with E-state index in [1.807, 2.05) is 11.9 Å². The van der Waals surface area contributed by atoms with Gasteiger partial charge in [-0.1, -0.05) is 11.6 Å². The van der Waals surface area contributed by atoms with Gasteiger partial charge in [0.1, 0.15) is 35.2 Å². The molecule has 1 aromatic carbocycles. The molecule has 3 saturated heterocycles. The van der Waals surface area contributed by atoms with Gasteiger partial charge in [0.15, 0.2) is 11.6 Å². The first kappa shape index (κ1) is 21.1. The number of likely N-dealkylation sites (N-methyl/N-ethyl adjacent to an activating group) is 1. The number of alkyl halides is 1. The summed E-state index contributed by atoms with van der Waals surface area (Å²) in [6, 6.07) is -0.0587. The molecule has 7 nitrogen and oxygen atoms in total. The Morgan fingerprint density at radius 1 is 1.34 bits per heavy atom. The van der Waals surface area contributed by atoms with Gasteiger partial charge in [0.2, 0.25) is 0 Å². The van der Waals surface area contributed by atoms with Crippen LogP contribution < -0.4 is 14.4 Å². The van der Waals surface area contributed by atoms with E-state index >= 15 is 4.39 Å². The first-order chi connectivity index (χ1) is 15.4. The third kappa shape index (κ3) is 3.02. The standard InChI is InChI=1S/C21H22BrClF2N4O3/c1-28-11-7-30-8-12(11)32-18-13-17(16(25)14(22)15(18)23)26-20(27-19(13)28)31-9-21-3-2-4-29(21)6-10(24)5-21/h10-12H,2-9H2,1H3/t10-,11?,12?,21+/m1/s1. The minimum Gasteiger partial charge on any atom is -0.483 e. The van der Waals surface area contributed by atoms with Gasteiger partial charge in [0.05, 0.1) is 34.7 Å². The summed E-state index contributed by atoms with van der Waals surface area (Å²) in [5, 5.41) is 0.542. The second kappa shape index (κ2) is 7.51. The Bertz CT molecular complexity index is 1110. The highest BCUT2D eigenvalue weighted by atomic mass is 79.9. The van der Waals surface area contributed by atoms with Crippen molar-refractivity contribution in [3.8, 4) is 11.8 Å². The van der Waals surface area contributed by atoms with Crippen LogP contribution in [-0.4, -0.2) is 78.7 Å². The molecule has 32 heavy (non-hydrogen) atoms. The molecular weight excluding hydrogens is 510 g/mol. The lowest BCUT2D eigenvalue weighted by Gasteiger charge is -2.31. The van der Waals surface area contributed by atoms with Crippen LogP contribution in [0.4, 0.5) is 14.6 Å². The van der Waals surface area contributed by atoms with E-state index in [0.29, 0.717) is 43.1 Å². The molecule has 0 spiro atoms. The van der Waals surface area contributed by atoms with Crippen molar-refractivity contribution in [1.82, 2.24) is 14.9 Å². The van der Waals surface area contributed by atoms with Crippen molar-refractivity contribution in [2.24, 2.45) is 0 Å². The van der Waals surface area contributed by atoms with Crippen LogP contribution in [-0.2, 0) is 4.74 Å². The zero-order valence-electron chi connectivity index (χ0n) is 17.4. The minimum absolute atomic E-state index is 0.0549. The number of hydrogen-bond donors (Lipinski definition) is 0. The lowest BCUT2D eigenvalue weighted by molar-refractivity contribution is 0.107. The molecule has 172 valence electrons. The Kier molecular flexibility index (Phi) is 4.95. The summed E-state index contributed by atoms with van der Waals surface area (Å²) in [6.45, 7) is 2.40. The number of benzene rings is 1. The maximum Gasteiger partial charge on any atom is 0.319 e. The van der Waals surface area contributed by atoms with Gasteiger partial charge in [0.25, 0.3) is 0 Å². The number of anilines is 1. The van der Waals surface area contributed by atoms with Crippen LogP contribution >= 0.6 is 27.5 Å². The van der Waals surface area contributed by atoms with Gasteiger partial charge < -0.3 is 19.1 Å². The van der Waals surface area contributed by atoms with E-state index in [9.17, 15) is 4.39 Å². The Balaban J connectivity index is 1.44. The molecule has 2 unspecified atom stereocenters. The van der Waals surface area contributed by atoms with Crippen molar-refractivity contribution in [1.29, 1.82) is 0 Å². The highest BCUT2D eigenvalue weighted by Crippen LogP contribution is 2.48. The summed E-state index contributed by atoms with van der Waals surface area (Å²) >= 11 is 9.69. The molecule has 0 radical (unpaired) electrons. The van der Waals surface area contributed by atoms with E-state index in [1.54, 1.807) is 0 Å². The number of halogens is 4. The maximum absolute atomic E-state index is 15.3. The number of aromatic nitrogens is 2. The number of hydrogen-bond acceptors (Lipinski definition) is 7. The Labute approximate surface area is 197 Å². The summed E-state index contributed by atoms with van der Waals surface area (Å²) in [4.78, 5) is 13.1. The summed E-state index contributed by atoms with van der Waals surface area (Å²) in [5.41, 5.74) is -0.283. The molecule has 4 aliphatic heterocycles. The van der Waals surface area contributed by atoms with Crippen LogP contribution in [0.2, 0.25) is 5.02 Å². The zero-order valence-corrected chi connectivity index (χ0v) is 19.8. The molecule has 4 aliphatic rings. The Morgan fingerprint density at radius 2 is 2.19 bits per heavy atom. The molecule has 3 fully saturated rings. The van der Waals surface area contributed by atoms with Crippen molar-refractivity contribution in [2.75, 3.05) is 44.9 Å². The molecule has 0 bridgehead atoms. The smallest absolute Gasteiger partial charge is 0.319 e. The lowest BCUT2D eigenvalue weighted by atomic mass is 9.95. The molecule has 0 aliphatic carbocycles. The summed E-state index contributed by atoms with van der Waals surface area (Å²) in [6.07, 6.45) is 1.17. The molecule has 0 saturated carbocycles. The zero-order chi connectivity index (χ0) is 22.2. The molecule has 0 N–H and O–H groups in total. The van der Waals surface area contributed by atoms with Crippen LogP contribution in [0.3, 0.4) is 0 Å². The largest absolute Gasteiger partial charge is 0.483 e. The first-order valence-corrected chi connectivity index (χ1v) is 11.9. The minimum atomic E-state index is -0.859. The monoisotopic (exact) mass is 530 g/mol.